The van der Waals surface area contributed by atoms with Crippen molar-refractivity contribution in [3.63, 3.8) is 0 Å². The van der Waals surface area contributed by atoms with E-state index in [1.54, 1.807) is 12.4 Å². The highest BCUT2D eigenvalue weighted by atomic mass is 19.1. The molecule has 4 N–H and O–H groups in total. The number of carbonyl (C=O) groups excluding carboxylic acids is 2. The van der Waals surface area contributed by atoms with Crippen molar-refractivity contribution in [2.24, 2.45) is 5.92 Å². The molecule has 11 heteroatoms. The fourth-order valence-electron chi connectivity index (χ4n) is 7.30. The van der Waals surface area contributed by atoms with E-state index in [1.165, 1.54) is 0 Å². The first-order valence-corrected chi connectivity index (χ1v) is 17.1. The van der Waals surface area contributed by atoms with Crippen molar-refractivity contribution in [2.75, 3.05) is 39.4 Å². The number of rotatable bonds is 13. The number of hydrogen-bond acceptors (Lipinski definition) is 8. The van der Waals surface area contributed by atoms with Crippen LogP contribution in [-0.2, 0) is 28.0 Å². The summed E-state index contributed by atoms with van der Waals surface area (Å²) in [4.78, 5) is 35.6. The number of aliphatic hydroxyl groups excluding tert-OH is 2. The number of amides is 2. The molecular weight excluding hydrogens is 625 g/mol. The summed E-state index contributed by atoms with van der Waals surface area (Å²) in [7, 11) is 0. The van der Waals surface area contributed by atoms with Gasteiger partial charge in [0, 0.05) is 62.8 Å². The van der Waals surface area contributed by atoms with E-state index in [4.69, 9.17) is 4.42 Å². The molecule has 0 spiro atoms. The van der Waals surface area contributed by atoms with Crippen LogP contribution in [0.5, 0.6) is 0 Å². The minimum Gasteiger partial charge on any atom is -0.459 e. The first-order chi connectivity index (χ1) is 23.6. The lowest BCUT2D eigenvalue weighted by atomic mass is 9.91. The lowest BCUT2D eigenvalue weighted by molar-refractivity contribution is -0.132. The Morgan fingerprint density at radius 1 is 1.10 bits per heavy atom. The Balaban J connectivity index is 1.17. The number of aliphatic hydroxyl groups is 2. The summed E-state index contributed by atoms with van der Waals surface area (Å²) >= 11 is 0. The zero-order valence-corrected chi connectivity index (χ0v) is 28.1. The van der Waals surface area contributed by atoms with Crippen LogP contribution in [0.25, 0.3) is 11.0 Å². The molecule has 10 nitrogen and oxygen atoms in total. The molecule has 1 fully saturated rings. The second kappa shape index (κ2) is 15.2. The molecule has 6 rings (SSSR count). The van der Waals surface area contributed by atoms with Gasteiger partial charge in [-0.3, -0.25) is 24.4 Å². The van der Waals surface area contributed by atoms with Crippen molar-refractivity contribution in [3.8, 4) is 0 Å². The summed E-state index contributed by atoms with van der Waals surface area (Å²) in [6.07, 6.45) is 2.80. The van der Waals surface area contributed by atoms with Crippen LogP contribution in [0.2, 0.25) is 0 Å². The average Bonchev–Trinajstić information content (AvgIpc) is 3.68. The van der Waals surface area contributed by atoms with Crippen LogP contribution >= 0.6 is 0 Å². The first kappa shape index (κ1) is 34.7. The summed E-state index contributed by atoms with van der Waals surface area (Å²) in [5, 5.41) is 29.0. The number of alkyl halides is 1. The number of furan rings is 1. The van der Waals surface area contributed by atoms with Crippen molar-refractivity contribution in [1.82, 2.24) is 25.4 Å². The first-order valence-electron chi connectivity index (χ1n) is 17.1. The number of piperazine rings is 1. The second-order valence-corrected chi connectivity index (χ2v) is 13.8. The Kier molecular flexibility index (Phi) is 10.7. The predicted octanol–water partition coefficient (Wildman–Crippen LogP) is 3.52. The van der Waals surface area contributed by atoms with Gasteiger partial charge in [0.05, 0.1) is 23.8 Å². The number of nitrogens with zero attached hydrogens (tertiary/aromatic N) is 3. The van der Waals surface area contributed by atoms with E-state index in [1.807, 2.05) is 85.5 Å². The number of halogens is 1. The third kappa shape index (κ3) is 7.86. The van der Waals surface area contributed by atoms with E-state index in [0.717, 1.165) is 33.4 Å². The molecule has 4 aromatic rings. The molecule has 3 heterocycles. The Bertz CT molecular complexity index is 1700. The molecule has 5 atom stereocenters. The summed E-state index contributed by atoms with van der Waals surface area (Å²) in [5.41, 5.74) is 3.05. The van der Waals surface area contributed by atoms with Gasteiger partial charge in [-0.25, -0.2) is 4.39 Å². The summed E-state index contributed by atoms with van der Waals surface area (Å²) in [6, 6.07) is 20.0. The van der Waals surface area contributed by atoms with E-state index in [-0.39, 0.29) is 31.3 Å². The molecule has 1 aliphatic heterocycles. The fraction of sp³-hybridized carbons (Fsp3) is 0.447. The van der Waals surface area contributed by atoms with Crippen LogP contribution < -0.4 is 10.6 Å². The van der Waals surface area contributed by atoms with Crippen LogP contribution in [0, 0.1) is 5.92 Å². The Morgan fingerprint density at radius 3 is 2.65 bits per heavy atom. The number of fused-ring (bicyclic) bond motifs is 2. The van der Waals surface area contributed by atoms with E-state index in [2.05, 4.69) is 20.5 Å². The fourth-order valence-corrected chi connectivity index (χ4v) is 7.30. The molecule has 2 aliphatic rings. The molecule has 260 valence electrons. The van der Waals surface area contributed by atoms with Crippen LogP contribution in [0.1, 0.15) is 48.8 Å². The third-order valence-corrected chi connectivity index (χ3v) is 10.1. The molecule has 0 bridgehead atoms. The lowest BCUT2D eigenvalue weighted by Gasteiger charge is -2.47. The summed E-state index contributed by atoms with van der Waals surface area (Å²) < 4.78 is 19.3. The van der Waals surface area contributed by atoms with Crippen LogP contribution in [0.3, 0.4) is 0 Å². The molecule has 1 aliphatic carbocycles. The highest BCUT2D eigenvalue weighted by molar-refractivity contribution is 5.82. The Labute approximate surface area is 286 Å². The van der Waals surface area contributed by atoms with E-state index in [0.29, 0.717) is 32.5 Å². The largest absolute Gasteiger partial charge is 0.459 e. The van der Waals surface area contributed by atoms with Crippen LogP contribution in [-0.4, -0.2) is 94.5 Å². The van der Waals surface area contributed by atoms with Gasteiger partial charge in [-0.1, -0.05) is 54.6 Å². The molecule has 0 radical (unpaired) electrons. The van der Waals surface area contributed by atoms with Crippen molar-refractivity contribution in [2.45, 2.75) is 62.9 Å². The number of carbonyl (C=O) groups is 2. The van der Waals surface area contributed by atoms with Gasteiger partial charge in [0.25, 0.3) is 0 Å². The van der Waals surface area contributed by atoms with Gasteiger partial charge in [-0.2, -0.15) is 0 Å². The normalized spacial score (nSPS) is 21.3. The number of hydrogen-bond donors (Lipinski definition) is 4. The molecule has 0 saturated carbocycles. The topological polar surface area (TPSA) is 131 Å². The van der Waals surface area contributed by atoms with E-state index >= 15 is 0 Å². The molecule has 2 amide bonds. The van der Waals surface area contributed by atoms with Gasteiger partial charge in [0.1, 0.15) is 24.1 Å². The summed E-state index contributed by atoms with van der Waals surface area (Å²) in [6.45, 7) is 4.87. The highest BCUT2D eigenvalue weighted by Crippen LogP contribution is 2.35. The lowest BCUT2D eigenvalue weighted by Crippen LogP contribution is -2.63. The van der Waals surface area contributed by atoms with Gasteiger partial charge in [-0.15, -0.1) is 0 Å². The number of β-amino-alcohol motifs (C(OH)–C–C–N with tert-alkyl or cyclic N) is 1. The average molecular weight is 672 g/mol. The number of nitrogens with one attached hydrogen (secondary N) is 2. The second-order valence-electron chi connectivity index (χ2n) is 13.8. The molecule has 2 aromatic heterocycles. The van der Waals surface area contributed by atoms with Gasteiger partial charge < -0.3 is 25.3 Å². The smallest absolute Gasteiger partial charge is 0.238 e. The van der Waals surface area contributed by atoms with Crippen LogP contribution in [0.15, 0.2) is 83.5 Å². The van der Waals surface area contributed by atoms with Gasteiger partial charge >= 0.3 is 0 Å². The molecule has 2 aromatic carbocycles. The van der Waals surface area contributed by atoms with Crippen LogP contribution in [0.4, 0.5) is 4.39 Å². The Morgan fingerprint density at radius 2 is 1.88 bits per heavy atom. The molecule has 1 saturated heterocycles. The maximum atomic E-state index is 13.9. The Hall–Kier alpha value is -4.16. The van der Waals surface area contributed by atoms with Crippen molar-refractivity contribution in [1.29, 1.82) is 0 Å². The van der Waals surface area contributed by atoms with Crippen molar-refractivity contribution >= 4 is 22.8 Å². The van der Waals surface area contributed by atoms with E-state index < -0.39 is 42.4 Å². The zero-order valence-electron chi connectivity index (χ0n) is 28.1. The summed E-state index contributed by atoms with van der Waals surface area (Å²) in [5.74, 6) is -0.393. The number of pyridine rings is 1. The predicted molar refractivity (Wildman–Crippen MR) is 184 cm³/mol. The molecular formula is C38H46FN5O5. The maximum Gasteiger partial charge on any atom is 0.238 e. The van der Waals surface area contributed by atoms with Gasteiger partial charge in [0.15, 0.2) is 0 Å². The minimum absolute atomic E-state index is 0.0961. The SMILES string of the molecule is CC(C)(c1cc2cnccc2o1)N1CCN(C[C@@H](O)C[C@H](Cc2ccccc2)C(=O)N[C@H]2c3ccccc3C[C@H]2O)[C@H](C(=O)NCCF)C1. The third-order valence-electron chi connectivity index (χ3n) is 10.1. The van der Waals surface area contributed by atoms with Crippen molar-refractivity contribution in [3.05, 3.63) is 102 Å². The number of aromatic nitrogens is 1. The monoisotopic (exact) mass is 671 g/mol. The molecule has 49 heavy (non-hydrogen) atoms. The number of benzene rings is 2. The molecule has 0 unspecified atom stereocenters. The van der Waals surface area contributed by atoms with Crippen molar-refractivity contribution < 1.29 is 28.6 Å². The minimum atomic E-state index is -0.931. The standard InChI is InChI=1S/C38H46FN5O5/c1-38(2,34-21-28-22-40-14-12-33(28)49-34)44-17-16-43(31(24-44)37(48)41-15-13-39)23-29(45)19-27(18-25-8-4-3-5-9-25)36(47)42-35-30-11-7-6-10-26(30)20-32(35)46/h3-12,14,21-22,27,29,31-32,35,45-46H,13,15-20,23-24H2,1-2H3,(H,41,48)(H,42,47)/t27-,29-,31-,32+,35-/m0/s1. The maximum absolute atomic E-state index is 13.9. The quantitative estimate of drug-likeness (QED) is 0.170. The van der Waals surface area contributed by atoms with Gasteiger partial charge in [-0.05, 0) is 55.5 Å². The zero-order chi connectivity index (χ0) is 34.5. The highest BCUT2D eigenvalue weighted by Gasteiger charge is 2.41. The van der Waals surface area contributed by atoms with E-state index in [9.17, 15) is 24.2 Å². The van der Waals surface area contributed by atoms with Gasteiger partial charge in [0.2, 0.25) is 11.8 Å².